The van der Waals surface area contributed by atoms with Crippen LogP contribution in [0, 0.1) is 0 Å². The molecule has 1 aliphatic carbocycles. The van der Waals surface area contributed by atoms with Crippen molar-refractivity contribution >= 4 is 0 Å². The van der Waals surface area contributed by atoms with E-state index in [0.717, 1.165) is 11.1 Å². The van der Waals surface area contributed by atoms with E-state index in [1.807, 2.05) is 6.07 Å². The van der Waals surface area contributed by atoms with Crippen molar-refractivity contribution in [3.8, 4) is 11.5 Å². The molecule has 0 amide bonds. The highest BCUT2D eigenvalue weighted by Crippen LogP contribution is 2.38. The van der Waals surface area contributed by atoms with Crippen molar-refractivity contribution in [3.05, 3.63) is 23.3 Å². The van der Waals surface area contributed by atoms with Gasteiger partial charge >= 0.3 is 0 Å². The van der Waals surface area contributed by atoms with Crippen molar-refractivity contribution in [2.45, 2.75) is 18.6 Å². The molecule has 0 radical (unpaired) electrons. The third-order valence-electron chi connectivity index (χ3n) is 2.83. The minimum atomic E-state index is -0.597. The van der Waals surface area contributed by atoms with Crippen LogP contribution in [0.4, 0.5) is 0 Å². The molecule has 2 unspecified atom stereocenters. The van der Waals surface area contributed by atoms with Crippen molar-refractivity contribution in [2.75, 3.05) is 14.2 Å². The third kappa shape index (κ3) is 1.56. The lowest BCUT2D eigenvalue weighted by Crippen LogP contribution is -2.24. The minimum absolute atomic E-state index is 0.225. The van der Waals surface area contributed by atoms with Crippen molar-refractivity contribution in [1.82, 2.24) is 0 Å². The molecule has 1 aliphatic rings. The molecule has 2 rings (SSSR count). The maximum Gasteiger partial charge on any atom is 0.161 e. The van der Waals surface area contributed by atoms with E-state index in [-0.39, 0.29) is 6.04 Å². The summed E-state index contributed by atoms with van der Waals surface area (Å²) in [6, 6.07) is 3.45. The second-order valence-corrected chi connectivity index (χ2v) is 3.72. The number of rotatable bonds is 2. The molecule has 0 bridgehead atoms. The van der Waals surface area contributed by atoms with Crippen LogP contribution >= 0.6 is 0 Å². The molecular weight excluding hydrogens is 194 g/mol. The Morgan fingerprint density at radius 1 is 1.27 bits per heavy atom. The summed E-state index contributed by atoms with van der Waals surface area (Å²) in [6.07, 6.45) is 0.0800. The zero-order valence-electron chi connectivity index (χ0n) is 8.86. The summed E-state index contributed by atoms with van der Waals surface area (Å²) in [4.78, 5) is 0. The molecule has 82 valence electrons. The summed E-state index contributed by atoms with van der Waals surface area (Å²) >= 11 is 0. The highest BCUT2D eigenvalue weighted by atomic mass is 16.5. The first-order chi connectivity index (χ1) is 7.17. The maximum atomic E-state index is 9.81. The van der Waals surface area contributed by atoms with E-state index in [2.05, 4.69) is 0 Å². The molecular formula is C11H15NO3. The summed E-state index contributed by atoms with van der Waals surface area (Å²) < 4.78 is 10.4. The molecule has 0 spiro atoms. The monoisotopic (exact) mass is 209 g/mol. The molecule has 4 nitrogen and oxygen atoms in total. The Balaban J connectivity index is 2.48. The molecule has 1 aromatic rings. The highest BCUT2D eigenvalue weighted by Gasteiger charge is 2.29. The van der Waals surface area contributed by atoms with Crippen LogP contribution in [0.1, 0.15) is 17.2 Å². The smallest absolute Gasteiger partial charge is 0.161 e. The molecule has 2 atom stereocenters. The van der Waals surface area contributed by atoms with Gasteiger partial charge in [-0.05, 0) is 29.7 Å². The zero-order chi connectivity index (χ0) is 11.0. The predicted molar refractivity (Wildman–Crippen MR) is 56.2 cm³/mol. The Hall–Kier alpha value is -1.26. The number of methoxy groups -OCH3 is 2. The van der Waals surface area contributed by atoms with Crippen molar-refractivity contribution in [3.63, 3.8) is 0 Å². The number of hydrogen-bond donors (Lipinski definition) is 2. The first kappa shape index (κ1) is 10.3. The van der Waals surface area contributed by atoms with Gasteiger partial charge < -0.3 is 20.3 Å². The second-order valence-electron chi connectivity index (χ2n) is 3.72. The van der Waals surface area contributed by atoms with E-state index in [0.29, 0.717) is 17.9 Å². The van der Waals surface area contributed by atoms with Crippen molar-refractivity contribution in [1.29, 1.82) is 0 Å². The number of nitrogens with two attached hydrogens (primary N) is 1. The predicted octanol–water partition coefficient (Wildman–Crippen LogP) is 0.621. The normalized spacial score (nSPS) is 23.7. The lowest BCUT2D eigenvalue weighted by Gasteiger charge is -2.12. The van der Waals surface area contributed by atoms with Gasteiger partial charge in [-0.1, -0.05) is 0 Å². The largest absolute Gasteiger partial charge is 0.493 e. The number of fused-ring (bicyclic) bond motifs is 1. The molecule has 0 saturated heterocycles. The van der Waals surface area contributed by atoms with Gasteiger partial charge in [-0.2, -0.15) is 0 Å². The number of ether oxygens (including phenoxy) is 2. The van der Waals surface area contributed by atoms with Gasteiger partial charge in [0.1, 0.15) is 0 Å². The van der Waals surface area contributed by atoms with Crippen LogP contribution in [0.15, 0.2) is 12.1 Å². The summed E-state index contributed by atoms with van der Waals surface area (Å²) in [6.45, 7) is 0. The number of aliphatic hydroxyl groups excluding tert-OH is 1. The van der Waals surface area contributed by atoms with Gasteiger partial charge in [-0.15, -0.1) is 0 Å². The first-order valence-electron chi connectivity index (χ1n) is 4.85. The lowest BCUT2D eigenvalue weighted by atomic mass is 10.1. The van der Waals surface area contributed by atoms with E-state index in [1.54, 1.807) is 20.3 Å². The standard InChI is InChI=1S/C11H15NO3/c1-14-9-4-6-3-8(12)11(13)7(6)5-10(9)15-2/h4-5,8,11,13H,3,12H2,1-2H3. The van der Waals surface area contributed by atoms with Crippen LogP contribution in [0.5, 0.6) is 11.5 Å². The average Bonchev–Trinajstić information content (AvgIpc) is 2.53. The Labute approximate surface area is 88.6 Å². The summed E-state index contributed by atoms with van der Waals surface area (Å²) in [5.74, 6) is 1.31. The molecule has 1 aromatic carbocycles. The first-order valence-corrected chi connectivity index (χ1v) is 4.85. The number of benzene rings is 1. The van der Waals surface area contributed by atoms with Crippen molar-refractivity contribution < 1.29 is 14.6 Å². The Bertz CT molecular complexity index is 378. The Morgan fingerprint density at radius 2 is 1.87 bits per heavy atom. The van der Waals surface area contributed by atoms with E-state index < -0.39 is 6.10 Å². The SMILES string of the molecule is COc1cc2c(cc1OC)C(O)C(N)C2. The average molecular weight is 209 g/mol. The van der Waals surface area contributed by atoms with E-state index in [4.69, 9.17) is 15.2 Å². The van der Waals surface area contributed by atoms with Crippen LogP contribution in [0.2, 0.25) is 0 Å². The van der Waals surface area contributed by atoms with Gasteiger partial charge in [0.05, 0.1) is 20.3 Å². The zero-order valence-corrected chi connectivity index (χ0v) is 8.86. The molecule has 3 N–H and O–H groups in total. The second kappa shape index (κ2) is 3.72. The molecule has 4 heteroatoms. The quantitative estimate of drug-likeness (QED) is 0.749. The van der Waals surface area contributed by atoms with Crippen LogP contribution < -0.4 is 15.2 Å². The molecule has 15 heavy (non-hydrogen) atoms. The maximum absolute atomic E-state index is 9.81. The minimum Gasteiger partial charge on any atom is -0.493 e. The van der Waals surface area contributed by atoms with Crippen molar-refractivity contribution in [2.24, 2.45) is 5.73 Å². The third-order valence-corrected chi connectivity index (χ3v) is 2.83. The Morgan fingerprint density at radius 3 is 2.47 bits per heavy atom. The number of aliphatic hydroxyl groups is 1. The fourth-order valence-corrected chi connectivity index (χ4v) is 1.99. The summed E-state index contributed by atoms with van der Waals surface area (Å²) in [5, 5.41) is 9.81. The van der Waals surface area contributed by atoms with E-state index in [9.17, 15) is 5.11 Å². The van der Waals surface area contributed by atoms with Gasteiger partial charge in [-0.25, -0.2) is 0 Å². The van der Waals surface area contributed by atoms with Gasteiger partial charge in [0, 0.05) is 6.04 Å². The van der Waals surface area contributed by atoms with E-state index >= 15 is 0 Å². The molecule has 0 aromatic heterocycles. The number of hydrogen-bond acceptors (Lipinski definition) is 4. The lowest BCUT2D eigenvalue weighted by molar-refractivity contribution is 0.159. The highest BCUT2D eigenvalue weighted by molar-refractivity contribution is 5.50. The van der Waals surface area contributed by atoms with Gasteiger partial charge in [0.25, 0.3) is 0 Å². The van der Waals surface area contributed by atoms with Gasteiger partial charge in [0.2, 0.25) is 0 Å². The van der Waals surface area contributed by atoms with Crippen LogP contribution in [-0.4, -0.2) is 25.4 Å². The van der Waals surface area contributed by atoms with E-state index in [1.165, 1.54) is 0 Å². The van der Waals surface area contributed by atoms with Crippen LogP contribution in [-0.2, 0) is 6.42 Å². The molecule has 0 saturated carbocycles. The molecule has 0 fully saturated rings. The van der Waals surface area contributed by atoms with Crippen LogP contribution in [0.3, 0.4) is 0 Å². The van der Waals surface area contributed by atoms with Gasteiger partial charge in [-0.3, -0.25) is 0 Å². The molecule has 0 aliphatic heterocycles. The summed E-state index contributed by atoms with van der Waals surface area (Å²) in [5.41, 5.74) is 7.66. The fraction of sp³-hybridized carbons (Fsp3) is 0.455. The fourth-order valence-electron chi connectivity index (χ4n) is 1.99. The van der Waals surface area contributed by atoms with Gasteiger partial charge in [0.15, 0.2) is 11.5 Å². The van der Waals surface area contributed by atoms with Crippen LogP contribution in [0.25, 0.3) is 0 Å². The summed E-state index contributed by atoms with van der Waals surface area (Å²) in [7, 11) is 3.17. The topological polar surface area (TPSA) is 64.7 Å². The Kier molecular flexibility index (Phi) is 2.54. The molecule has 0 heterocycles.